The maximum atomic E-state index is 6.11. The Morgan fingerprint density at radius 3 is 0.652 bits per heavy atom. The highest BCUT2D eigenvalue weighted by atomic mass is 16.7. The Morgan fingerprint density at radius 1 is 0.261 bits per heavy atom. The highest BCUT2D eigenvalue weighted by Crippen LogP contribution is 2.29. The first kappa shape index (κ1) is 29.6. The van der Waals surface area contributed by atoms with E-state index in [4.69, 9.17) is 45.4 Å². The summed E-state index contributed by atoms with van der Waals surface area (Å²) >= 11 is 0. The molecule has 6 rings (SSSR count). The zero-order valence-electron chi connectivity index (χ0n) is 24.6. The SMILES string of the molecule is Nc1ccc(Oc2ccc(OB(Oc3ccc(Oc4ccc(N)cc4)cc3)Oc3ccc(Oc4ccc(N)cc4)cc3)cc2)cc1. The maximum absolute atomic E-state index is 6.11. The summed E-state index contributed by atoms with van der Waals surface area (Å²) in [5, 5.41) is 0. The second-order valence-electron chi connectivity index (χ2n) is 10.1. The van der Waals surface area contributed by atoms with Gasteiger partial charge in [-0.05, 0) is 146 Å². The molecule has 0 spiro atoms. The molecule has 0 aliphatic heterocycles. The van der Waals surface area contributed by atoms with Gasteiger partial charge in [0.15, 0.2) is 0 Å². The number of rotatable bonds is 12. The molecule has 0 heterocycles. The van der Waals surface area contributed by atoms with Crippen LogP contribution in [0.3, 0.4) is 0 Å². The van der Waals surface area contributed by atoms with Crippen molar-refractivity contribution in [2.75, 3.05) is 17.2 Å². The Hall–Kier alpha value is -6.42. The van der Waals surface area contributed by atoms with Crippen molar-refractivity contribution >= 4 is 24.4 Å². The van der Waals surface area contributed by atoms with Crippen molar-refractivity contribution in [1.29, 1.82) is 0 Å². The maximum Gasteiger partial charge on any atom is 0.864 e. The van der Waals surface area contributed by atoms with Crippen molar-refractivity contribution in [1.82, 2.24) is 0 Å². The van der Waals surface area contributed by atoms with Crippen LogP contribution in [0.5, 0.6) is 51.7 Å². The van der Waals surface area contributed by atoms with E-state index in [1.165, 1.54) is 0 Å². The summed E-state index contributed by atoms with van der Waals surface area (Å²) in [4.78, 5) is 0. The first-order valence-electron chi connectivity index (χ1n) is 14.3. The molecular formula is C36H30BN3O6. The van der Waals surface area contributed by atoms with Crippen molar-refractivity contribution in [2.24, 2.45) is 0 Å². The van der Waals surface area contributed by atoms with Crippen LogP contribution in [0.2, 0.25) is 0 Å². The highest BCUT2D eigenvalue weighted by molar-refractivity contribution is 6.39. The third kappa shape index (κ3) is 8.36. The van der Waals surface area contributed by atoms with Crippen LogP contribution < -0.4 is 45.4 Å². The minimum atomic E-state index is -1.14. The molecular weight excluding hydrogens is 581 g/mol. The normalized spacial score (nSPS) is 10.4. The number of benzene rings is 6. The van der Waals surface area contributed by atoms with Gasteiger partial charge in [0.2, 0.25) is 0 Å². The van der Waals surface area contributed by atoms with Crippen LogP contribution in [0.4, 0.5) is 17.1 Å². The van der Waals surface area contributed by atoms with Gasteiger partial charge in [0.05, 0.1) is 0 Å². The van der Waals surface area contributed by atoms with Crippen molar-refractivity contribution in [2.45, 2.75) is 0 Å². The predicted octanol–water partition coefficient (Wildman–Crippen LogP) is 8.33. The van der Waals surface area contributed by atoms with E-state index in [2.05, 4.69) is 0 Å². The smallest absolute Gasteiger partial charge is 0.490 e. The molecule has 0 radical (unpaired) electrons. The Labute approximate surface area is 266 Å². The molecule has 0 bridgehead atoms. The lowest BCUT2D eigenvalue weighted by Gasteiger charge is -2.17. The molecule has 0 unspecified atom stereocenters. The van der Waals surface area contributed by atoms with Crippen LogP contribution in [0, 0.1) is 0 Å². The number of ether oxygens (including phenoxy) is 3. The van der Waals surface area contributed by atoms with Gasteiger partial charge in [-0.1, -0.05) is 0 Å². The summed E-state index contributed by atoms with van der Waals surface area (Å²) in [5.41, 5.74) is 19.3. The lowest BCUT2D eigenvalue weighted by Crippen LogP contribution is -2.36. The lowest BCUT2D eigenvalue weighted by atomic mass is 10.2. The number of hydrogen-bond donors (Lipinski definition) is 3. The van der Waals surface area contributed by atoms with Gasteiger partial charge < -0.3 is 45.4 Å². The second kappa shape index (κ2) is 13.9. The van der Waals surface area contributed by atoms with Gasteiger partial charge in [-0.3, -0.25) is 0 Å². The summed E-state index contributed by atoms with van der Waals surface area (Å²) in [6, 6.07) is 42.8. The second-order valence-corrected chi connectivity index (χ2v) is 10.1. The summed E-state index contributed by atoms with van der Waals surface area (Å²) < 4.78 is 36.0. The van der Waals surface area contributed by atoms with E-state index in [9.17, 15) is 0 Å². The summed E-state index contributed by atoms with van der Waals surface area (Å²) in [6.45, 7) is 0. The van der Waals surface area contributed by atoms with Gasteiger partial charge in [0, 0.05) is 17.1 Å². The van der Waals surface area contributed by atoms with E-state index in [1.807, 2.05) is 0 Å². The molecule has 6 aromatic rings. The van der Waals surface area contributed by atoms with Crippen LogP contribution in [0.15, 0.2) is 146 Å². The van der Waals surface area contributed by atoms with Crippen LogP contribution in [-0.4, -0.2) is 7.32 Å². The average molecular weight is 611 g/mol. The summed E-state index contributed by atoms with van der Waals surface area (Å²) in [5.74, 6) is 5.39. The quantitative estimate of drug-likeness (QED) is 0.0922. The molecule has 6 aromatic carbocycles. The highest BCUT2D eigenvalue weighted by Gasteiger charge is 2.30. The van der Waals surface area contributed by atoms with Crippen LogP contribution in [-0.2, 0) is 0 Å². The number of nitrogen functional groups attached to an aromatic ring is 3. The molecule has 0 aromatic heterocycles. The number of nitrogens with two attached hydrogens (primary N) is 3. The van der Waals surface area contributed by atoms with E-state index < -0.39 is 7.32 Å². The largest absolute Gasteiger partial charge is 0.864 e. The van der Waals surface area contributed by atoms with Gasteiger partial charge in [-0.25, -0.2) is 0 Å². The predicted molar refractivity (Wildman–Crippen MR) is 180 cm³/mol. The monoisotopic (exact) mass is 611 g/mol. The molecule has 0 saturated heterocycles. The van der Waals surface area contributed by atoms with Crippen molar-refractivity contribution in [3.05, 3.63) is 146 Å². The van der Waals surface area contributed by atoms with Crippen molar-refractivity contribution < 1.29 is 28.2 Å². The molecule has 9 nitrogen and oxygen atoms in total. The fraction of sp³-hybridized carbons (Fsp3) is 0. The van der Waals surface area contributed by atoms with Gasteiger partial charge in [-0.15, -0.1) is 0 Å². The number of hydrogen-bond acceptors (Lipinski definition) is 9. The van der Waals surface area contributed by atoms with Gasteiger partial charge in [0.1, 0.15) is 51.7 Å². The van der Waals surface area contributed by atoms with Crippen LogP contribution >= 0.6 is 0 Å². The molecule has 0 aliphatic carbocycles. The molecule has 0 atom stereocenters. The molecule has 0 amide bonds. The van der Waals surface area contributed by atoms with E-state index in [1.54, 1.807) is 146 Å². The molecule has 0 aliphatic rings. The summed E-state index contributed by atoms with van der Waals surface area (Å²) in [7, 11) is -1.14. The topological polar surface area (TPSA) is 133 Å². The minimum absolute atomic E-state index is 0.501. The average Bonchev–Trinajstić information content (AvgIpc) is 3.07. The Morgan fingerprint density at radius 2 is 0.435 bits per heavy atom. The third-order valence-corrected chi connectivity index (χ3v) is 6.52. The molecule has 6 N–H and O–H groups in total. The van der Waals surface area contributed by atoms with Crippen molar-refractivity contribution in [3.8, 4) is 51.7 Å². The Bertz CT molecular complexity index is 1610. The summed E-state index contributed by atoms with van der Waals surface area (Å²) in [6.07, 6.45) is 0. The Kier molecular flexibility index (Phi) is 8.97. The molecule has 10 heteroatoms. The lowest BCUT2D eigenvalue weighted by molar-refractivity contribution is 0.306. The van der Waals surface area contributed by atoms with Crippen LogP contribution in [0.1, 0.15) is 0 Å². The third-order valence-electron chi connectivity index (χ3n) is 6.52. The van der Waals surface area contributed by atoms with E-state index in [-0.39, 0.29) is 0 Å². The molecule has 0 fully saturated rings. The first-order chi connectivity index (χ1) is 22.4. The molecule has 46 heavy (non-hydrogen) atoms. The van der Waals surface area contributed by atoms with Gasteiger partial charge in [-0.2, -0.15) is 0 Å². The number of anilines is 3. The minimum Gasteiger partial charge on any atom is -0.490 e. The molecule has 228 valence electrons. The van der Waals surface area contributed by atoms with Crippen molar-refractivity contribution in [3.63, 3.8) is 0 Å². The van der Waals surface area contributed by atoms with E-state index in [0.717, 1.165) is 0 Å². The zero-order valence-corrected chi connectivity index (χ0v) is 24.6. The Balaban J connectivity index is 1.15. The van der Waals surface area contributed by atoms with Gasteiger partial charge in [0.25, 0.3) is 0 Å². The van der Waals surface area contributed by atoms with Gasteiger partial charge >= 0.3 is 7.32 Å². The zero-order chi connectivity index (χ0) is 31.7. The van der Waals surface area contributed by atoms with E-state index >= 15 is 0 Å². The first-order valence-corrected chi connectivity index (χ1v) is 14.3. The fourth-order valence-corrected chi connectivity index (χ4v) is 4.18. The van der Waals surface area contributed by atoms with E-state index in [0.29, 0.717) is 68.8 Å². The fourth-order valence-electron chi connectivity index (χ4n) is 4.18. The van der Waals surface area contributed by atoms with Crippen LogP contribution in [0.25, 0.3) is 0 Å². The standard InChI is InChI=1S/C36H30BN3O6/c38-25-1-7-28(8-2-25)41-31-13-19-34(20-14-31)44-37(45-35-21-15-32(16-22-35)42-29-9-3-26(39)4-10-29)46-36-23-17-33(18-24-36)43-30-11-5-27(40)6-12-30/h1-24H,38-40H2. The molecule has 0 saturated carbocycles.